The van der Waals surface area contributed by atoms with Gasteiger partial charge in [-0.25, -0.2) is 0 Å². The van der Waals surface area contributed by atoms with E-state index in [-0.39, 0.29) is 5.91 Å². The zero-order chi connectivity index (χ0) is 14.7. The van der Waals surface area contributed by atoms with Gasteiger partial charge < -0.3 is 15.8 Å². The van der Waals surface area contributed by atoms with Crippen LogP contribution in [0.25, 0.3) is 0 Å². The Morgan fingerprint density at radius 3 is 2.65 bits per heavy atom. The van der Waals surface area contributed by atoms with E-state index in [0.717, 1.165) is 5.56 Å². The van der Waals surface area contributed by atoms with Crippen molar-refractivity contribution in [2.24, 2.45) is 0 Å². The van der Waals surface area contributed by atoms with Crippen LogP contribution in [0.3, 0.4) is 0 Å². The molecule has 0 radical (unpaired) electrons. The number of nitrogens with two attached hydrogens (primary N) is 1. The molecule has 3 N–H and O–H groups in total. The summed E-state index contributed by atoms with van der Waals surface area (Å²) in [6.07, 6.45) is 0. The SMILES string of the molecule is COc1ccc(Cl)c(NC(=O)c2ccc(C)c(N)c2)c1. The van der Waals surface area contributed by atoms with Crippen LogP contribution in [0.4, 0.5) is 11.4 Å². The summed E-state index contributed by atoms with van der Waals surface area (Å²) < 4.78 is 5.10. The van der Waals surface area contributed by atoms with Crippen molar-refractivity contribution in [3.63, 3.8) is 0 Å². The first-order chi connectivity index (χ1) is 9.51. The van der Waals surface area contributed by atoms with E-state index in [2.05, 4.69) is 5.32 Å². The maximum Gasteiger partial charge on any atom is 0.255 e. The normalized spacial score (nSPS) is 10.2. The largest absolute Gasteiger partial charge is 0.497 e. The first-order valence-corrected chi connectivity index (χ1v) is 6.40. The first kappa shape index (κ1) is 14.2. The van der Waals surface area contributed by atoms with E-state index in [1.54, 1.807) is 43.5 Å². The van der Waals surface area contributed by atoms with Crippen molar-refractivity contribution in [1.82, 2.24) is 0 Å². The molecule has 2 aromatic rings. The number of aryl methyl sites for hydroxylation is 1. The summed E-state index contributed by atoms with van der Waals surface area (Å²) in [6, 6.07) is 10.2. The molecule has 0 aliphatic rings. The number of hydrogen-bond donors (Lipinski definition) is 2. The van der Waals surface area contributed by atoms with Gasteiger partial charge in [-0.1, -0.05) is 17.7 Å². The van der Waals surface area contributed by atoms with Gasteiger partial charge in [0.1, 0.15) is 5.75 Å². The number of hydrogen-bond acceptors (Lipinski definition) is 3. The van der Waals surface area contributed by atoms with E-state index in [1.165, 1.54) is 0 Å². The number of amides is 1. The van der Waals surface area contributed by atoms with Crippen LogP contribution >= 0.6 is 11.6 Å². The summed E-state index contributed by atoms with van der Waals surface area (Å²) in [7, 11) is 1.55. The number of nitrogens with one attached hydrogen (secondary N) is 1. The first-order valence-electron chi connectivity index (χ1n) is 6.02. The molecular formula is C15H15ClN2O2. The highest BCUT2D eigenvalue weighted by Crippen LogP contribution is 2.27. The van der Waals surface area contributed by atoms with Crippen LogP contribution in [-0.4, -0.2) is 13.0 Å². The van der Waals surface area contributed by atoms with E-state index >= 15 is 0 Å². The predicted octanol–water partition coefficient (Wildman–Crippen LogP) is 3.49. The van der Waals surface area contributed by atoms with Crippen molar-refractivity contribution in [3.8, 4) is 5.75 Å². The van der Waals surface area contributed by atoms with Gasteiger partial charge in [0.05, 0.1) is 17.8 Å². The molecule has 104 valence electrons. The minimum atomic E-state index is -0.271. The Morgan fingerprint density at radius 1 is 1.25 bits per heavy atom. The molecule has 0 aromatic heterocycles. The van der Waals surface area contributed by atoms with Crippen molar-refractivity contribution < 1.29 is 9.53 Å². The predicted molar refractivity (Wildman–Crippen MR) is 81.5 cm³/mol. The molecule has 0 heterocycles. The van der Waals surface area contributed by atoms with Crippen molar-refractivity contribution in [2.45, 2.75) is 6.92 Å². The van der Waals surface area contributed by atoms with Crippen LogP contribution in [0.2, 0.25) is 5.02 Å². The van der Waals surface area contributed by atoms with Crippen LogP contribution < -0.4 is 15.8 Å². The van der Waals surface area contributed by atoms with Gasteiger partial charge in [0.15, 0.2) is 0 Å². The highest BCUT2D eigenvalue weighted by atomic mass is 35.5. The third-order valence-electron chi connectivity index (χ3n) is 2.96. The molecule has 1 amide bonds. The van der Waals surface area contributed by atoms with Gasteiger partial charge >= 0.3 is 0 Å². The van der Waals surface area contributed by atoms with Crippen LogP contribution in [0, 0.1) is 6.92 Å². The molecule has 2 rings (SSSR count). The van der Waals surface area contributed by atoms with E-state index < -0.39 is 0 Å². The Labute approximate surface area is 122 Å². The molecule has 0 fully saturated rings. The van der Waals surface area contributed by atoms with E-state index in [9.17, 15) is 4.79 Å². The van der Waals surface area contributed by atoms with E-state index in [0.29, 0.717) is 27.7 Å². The Morgan fingerprint density at radius 2 is 2.00 bits per heavy atom. The molecule has 0 spiro atoms. The number of methoxy groups -OCH3 is 1. The van der Waals surface area contributed by atoms with E-state index in [1.807, 2.05) is 6.92 Å². The summed E-state index contributed by atoms with van der Waals surface area (Å²) in [5, 5.41) is 3.19. The number of benzene rings is 2. The lowest BCUT2D eigenvalue weighted by Crippen LogP contribution is -2.12. The number of halogens is 1. The molecule has 20 heavy (non-hydrogen) atoms. The van der Waals surface area contributed by atoms with Crippen molar-refractivity contribution >= 4 is 28.9 Å². The Kier molecular flexibility index (Phi) is 4.15. The summed E-state index contributed by atoms with van der Waals surface area (Å²) in [5.74, 6) is 0.347. The number of nitrogen functional groups attached to an aromatic ring is 1. The fraction of sp³-hybridized carbons (Fsp3) is 0.133. The summed E-state index contributed by atoms with van der Waals surface area (Å²) in [6.45, 7) is 1.88. The number of rotatable bonds is 3. The summed E-state index contributed by atoms with van der Waals surface area (Å²) in [4.78, 5) is 12.2. The second kappa shape index (κ2) is 5.84. The number of carbonyl (C=O) groups is 1. The minimum absolute atomic E-state index is 0.271. The van der Waals surface area contributed by atoms with Gasteiger partial charge in [-0.3, -0.25) is 4.79 Å². The highest BCUT2D eigenvalue weighted by molar-refractivity contribution is 6.34. The summed E-state index contributed by atoms with van der Waals surface area (Å²) >= 11 is 6.05. The Hall–Kier alpha value is -2.20. The third kappa shape index (κ3) is 3.03. The standard InChI is InChI=1S/C15H15ClN2O2/c1-9-3-4-10(7-13(9)17)15(19)18-14-8-11(20-2)5-6-12(14)16/h3-8H,17H2,1-2H3,(H,18,19). The minimum Gasteiger partial charge on any atom is -0.497 e. The quantitative estimate of drug-likeness (QED) is 0.851. The van der Waals surface area contributed by atoms with Crippen molar-refractivity contribution in [3.05, 3.63) is 52.5 Å². The van der Waals surface area contributed by atoms with Crippen LogP contribution in [-0.2, 0) is 0 Å². The zero-order valence-corrected chi connectivity index (χ0v) is 12.0. The lowest BCUT2D eigenvalue weighted by molar-refractivity contribution is 0.102. The maximum atomic E-state index is 12.2. The lowest BCUT2D eigenvalue weighted by atomic mass is 10.1. The van der Waals surface area contributed by atoms with Crippen LogP contribution in [0.15, 0.2) is 36.4 Å². The van der Waals surface area contributed by atoms with Crippen molar-refractivity contribution in [1.29, 1.82) is 0 Å². The molecule has 0 saturated carbocycles. The molecule has 0 saturated heterocycles. The molecule has 0 bridgehead atoms. The molecule has 0 atom stereocenters. The molecule has 0 aliphatic carbocycles. The monoisotopic (exact) mass is 290 g/mol. The maximum absolute atomic E-state index is 12.2. The lowest BCUT2D eigenvalue weighted by Gasteiger charge is -2.10. The van der Waals surface area contributed by atoms with Gasteiger partial charge in [0, 0.05) is 17.3 Å². The summed E-state index contributed by atoms with van der Waals surface area (Å²) in [5.41, 5.74) is 8.29. The van der Waals surface area contributed by atoms with Crippen molar-refractivity contribution in [2.75, 3.05) is 18.2 Å². The Bertz CT molecular complexity index is 656. The van der Waals surface area contributed by atoms with Gasteiger partial charge in [0.2, 0.25) is 0 Å². The molecule has 0 aliphatic heterocycles. The number of carbonyl (C=O) groups excluding carboxylic acids is 1. The van der Waals surface area contributed by atoms with Gasteiger partial charge in [0.25, 0.3) is 5.91 Å². The number of ether oxygens (including phenoxy) is 1. The molecular weight excluding hydrogens is 276 g/mol. The third-order valence-corrected chi connectivity index (χ3v) is 3.29. The number of anilines is 2. The van der Waals surface area contributed by atoms with E-state index in [4.69, 9.17) is 22.1 Å². The Balaban J connectivity index is 2.25. The topological polar surface area (TPSA) is 64.3 Å². The average molecular weight is 291 g/mol. The zero-order valence-electron chi connectivity index (χ0n) is 11.2. The molecule has 0 unspecified atom stereocenters. The van der Waals surface area contributed by atoms with Gasteiger partial charge in [-0.15, -0.1) is 0 Å². The smallest absolute Gasteiger partial charge is 0.255 e. The van der Waals surface area contributed by atoms with Gasteiger partial charge in [-0.2, -0.15) is 0 Å². The fourth-order valence-electron chi connectivity index (χ4n) is 1.70. The molecule has 5 heteroatoms. The van der Waals surface area contributed by atoms with Crippen LogP contribution in [0.5, 0.6) is 5.75 Å². The molecule has 2 aromatic carbocycles. The average Bonchev–Trinajstić information content (AvgIpc) is 2.44. The fourth-order valence-corrected chi connectivity index (χ4v) is 1.87. The van der Waals surface area contributed by atoms with Crippen LogP contribution in [0.1, 0.15) is 15.9 Å². The highest BCUT2D eigenvalue weighted by Gasteiger charge is 2.10. The second-order valence-corrected chi connectivity index (χ2v) is 4.78. The molecule has 4 nitrogen and oxygen atoms in total. The second-order valence-electron chi connectivity index (χ2n) is 4.37. The van der Waals surface area contributed by atoms with Gasteiger partial charge in [-0.05, 0) is 36.8 Å².